The zero-order valence-corrected chi connectivity index (χ0v) is 8.58. The van der Waals surface area contributed by atoms with Crippen molar-refractivity contribution in [3.05, 3.63) is 34.5 Å². The minimum Gasteiger partial charge on any atom is -0.349 e. The van der Waals surface area contributed by atoms with Crippen molar-refractivity contribution in [2.75, 3.05) is 5.32 Å². The van der Waals surface area contributed by atoms with Gasteiger partial charge in [0.15, 0.2) is 0 Å². The van der Waals surface area contributed by atoms with Gasteiger partial charge in [-0.15, -0.1) is 11.3 Å². The molecule has 0 aliphatic rings. The van der Waals surface area contributed by atoms with Gasteiger partial charge in [-0.3, -0.25) is 0 Å². The number of hydrogen-bond acceptors (Lipinski definition) is 5. The lowest BCUT2D eigenvalue weighted by molar-refractivity contribution is 1.01. The van der Waals surface area contributed by atoms with Crippen molar-refractivity contribution in [2.24, 2.45) is 0 Å². The minimum atomic E-state index is 0.637. The number of rotatable bonds is 3. The van der Waals surface area contributed by atoms with Crippen molar-refractivity contribution in [1.29, 1.82) is 0 Å². The van der Waals surface area contributed by atoms with Crippen LogP contribution < -0.4 is 5.32 Å². The number of hydrogen-bond donors (Lipinski definition) is 1. The molecule has 0 saturated heterocycles. The fraction of sp³-hybridized carbons (Fsp3) is 0.222. The van der Waals surface area contributed by atoms with Gasteiger partial charge >= 0.3 is 0 Å². The lowest BCUT2D eigenvalue weighted by Crippen LogP contribution is -2.02. The summed E-state index contributed by atoms with van der Waals surface area (Å²) in [6.45, 7) is 2.67. The van der Waals surface area contributed by atoms with Gasteiger partial charge in [-0.05, 0) is 13.0 Å². The molecule has 72 valence electrons. The zero-order chi connectivity index (χ0) is 9.80. The Bertz CT molecular complexity index is 398. The SMILES string of the molecule is Cc1nc(CNc2ncccn2)cs1. The van der Waals surface area contributed by atoms with E-state index in [9.17, 15) is 0 Å². The van der Waals surface area contributed by atoms with Crippen LogP contribution in [0.15, 0.2) is 23.8 Å². The van der Waals surface area contributed by atoms with E-state index in [4.69, 9.17) is 0 Å². The Labute approximate surface area is 86.1 Å². The Morgan fingerprint density at radius 3 is 2.79 bits per heavy atom. The molecule has 1 N–H and O–H groups in total. The van der Waals surface area contributed by atoms with E-state index >= 15 is 0 Å². The van der Waals surface area contributed by atoms with Crippen LogP contribution in [0.5, 0.6) is 0 Å². The zero-order valence-electron chi connectivity index (χ0n) is 7.77. The fourth-order valence-electron chi connectivity index (χ4n) is 1.05. The summed E-state index contributed by atoms with van der Waals surface area (Å²) in [6.07, 6.45) is 3.42. The van der Waals surface area contributed by atoms with Gasteiger partial charge in [0.1, 0.15) is 0 Å². The highest BCUT2D eigenvalue weighted by molar-refractivity contribution is 7.09. The Morgan fingerprint density at radius 1 is 1.36 bits per heavy atom. The summed E-state index contributed by atoms with van der Waals surface area (Å²) >= 11 is 1.65. The first kappa shape index (κ1) is 9.08. The van der Waals surface area contributed by atoms with E-state index in [0.717, 1.165) is 10.7 Å². The summed E-state index contributed by atoms with van der Waals surface area (Å²) in [7, 11) is 0. The van der Waals surface area contributed by atoms with Gasteiger partial charge < -0.3 is 5.32 Å². The number of aromatic nitrogens is 3. The standard InChI is InChI=1S/C9H10N4S/c1-7-13-8(6-14-7)5-12-9-10-3-2-4-11-9/h2-4,6H,5H2,1H3,(H,10,11,12). The second-order valence-corrected chi connectivity index (χ2v) is 3.85. The van der Waals surface area contributed by atoms with Crippen LogP contribution in [0.4, 0.5) is 5.95 Å². The Kier molecular flexibility index (Phi) is 2.69. The van der Waals surface area contributed by atoms with E-state index < -0.39 is 0 Å². The molecule has 0 radical (unpaired) electrons. The van der Waals surface area contributed by atoms with E-state index in [1.54, 1.807) is 29.8 Å². The van der Waals surface area contributed by atoms with Gasteiger partial charge in [0.2, 0.25) is 5.95 Å². The Morgan fingerprint density at radius 2 is 2.14 bits per heavy atom. The van der Waals surface area contributed by atoms with Crippen molar-refractivity contribution < 1.29 is 0 Å². The molecule has 0 spiro atoms. The lowest BCUT2D eigenvalue weighted by Gasteiger charge is -2.00. The van der Waals surface area contributed by atoms with Crippen molar-refractivity contribution in [3.8, 4) is 0 Å². The topological polar surface area (TPSA) is 50.7 Å². The number of anilines is 1. The second kappa shape index (κ2) is 4.15. The first-order valence-electron chi connectivity index (χ1n) is 4.26. The van der Waals surface area contributed by atoms with Gasteiger partial charge in [-0.2, -0.15) is 0 Å². The van der Waals surface area contributed by atoms with E-state index in [1.165, 1.54) is 0 Å². The molecule has 0 aliphatic carbocycles. The van der Waals surface area contributed by atoms with Crippen molar-refractivity contribution >= 4 is 17.3 Å². The van der Waals surface area contributed by atoms with Crippen molar-refractivity contribution in [1.82, 2.24) is 15.0 Å². The molecular formula is C9H10N4S. The van der Waals surface area contributed by atoms with Crippen LogP contribution in [0.1, 0.15) is 10.7 Å². The molecule has 2 rings (SSSR count). The molecule has 0 unspecified atom stereocenters. The van der Waals surface area contributed by atoms with Crippen LogP contribution in [0.2, 0.25) is 0 Å². The van der Waals surface area contributed by atoms with Crippen LogP contribution >= 0.6 is 11.3 Å². The van der Waals surface area contributed by atoms with Gasteiger partial charge in [0.25, 0.3) is 0 Å². The fourth-order valence-corrected chi connectivity index (χ4v) is 1.66. The highest BCUT2D eigenvalue weighted by atomic mass is 32.1. The summed E-state index contributed by atoms with van der Waals surface area (Å²) in [4.78, 5) is 12.4. The summed E-state index contributed by atoms with van der Waals surface area (Å²) < 4.78 is 0. The summed E-state index contributed by atoms with van der Waals surface area (Å²) in [6, 6.07) is 1.79. The average molecular weight is 206 g/mol. The number of nitrogens with one attached hydrogen (secondary N) is 1. The first-order valence-corrected chi connectivity index (χ1v) is 5.14. The summed E-state index contributed by atoms with van der Waals surface area (Å²) in [5.41, 5.74) is 1.03. The predicted octanol–water partition coefficient (Wildman–Crippen LogP) is 1.85. The van der Waals surface area contributed by atoms with Gasteiger partial charge in [-0.25, -0.2) is 15.0 Å². The Balaban J connectivity index is 1.95. The van der Waals surface area contributed by atoms with Gasteiger partial charge in [0, 0.05) is 17.8 Å². The molecule has 4 nitrogen and oxygen atoms in total. The maximum Gasteiger partial charge on any atom is 0.222 e. The molecule has 0 amide bonds. The molecular weight excluding hydrogens is 196 g/mol. The predicted molar refractivity (Wildman–Crippen MR) is 56.2 cm³/mol. The maximum atomic E-state index is 4.33. The van der Waals surface area contributed by atoms with Crippen molar-refractivity contribution in [2.45, 2.75) is 13.5 Å². The summed E-state index contributed by atoms with van der Waals surface area (Å²) in [5.74, 6) is 0.637. The highest BCUT2D eigenvalue weighted by Gasteiger charge is 1.98. The number of nitrogens with zero attached hydrogens (tertiary/aromatic N) is 3. The van der Waals surface area contributed by atoms with E-state index in [1.807, 2.05) is 12.3 Å². The van der Waals surface area contributed by atoms with Crippen LogP contribution in [0.25, 0.3) is 0 Å². The number of thiazole rings is 1. The molecule has 0 aliphatic heterocycles. The molecule has 2 aromatic rings. The molecule has 5 heteroatoms. The molecule has 0 atom stereocenters. The second-order valence-electron chi connectivity index (χ2n) is 2.78. The third-order valence-electron chi connectivity index (χ3n) is 1.66. The van der Waals surface area contributed by atoms with E-state index in [2.05, 4.69) is 20.3 Å². The third kappa shape index (κ3) is 2.26. The van der Waals surface area contributed by atoms with Gasteiger partial charge in [0.05, 0.1) is 17.2 Å². The molecule has 2 aromatic heterocycles. The Hall–Kier alpha value is -1.49. The van der Waals surface area contributed by atoms with Crippen molar-refractivity contribution in [3.63, 3.8) is 0 Å². The van der Waals surface area contributed by atoms with Gasteiger partial charge in [-0.1, -0.05) is 0 Å². The normalized spacial score (nSPS) is 10.1. The smallest absolute Gasteiger partial charge is 0.222 e. The van der Waals surface area contributed by atoms with E-state index in [0.29, 0.717) is 12.5 Å². The first-order chi connectivity index (χ1) is 6.84. The molecule has 0 aromatic carbocycles. The van der Waals surface area contributed by atoms with Crippen LogP contribution in [0, 0.1) is 6.92 Å². The molecule has 14 heavy (non-hydrogen) atoms. The molecule has 2 heterocycles. The molecule has 0 fully saturated rings. The number of aryl methyl sites for hydroxylation is 1. The van der Waals surface area contributed by atoms with Crippen LogP contribution in [0.3, 0.4) is 0 Å². The average Bonchev–Trinajstić information content (AvgIpc) is 2.63. The largest absolute Gasteiger partial charge is 0.349 e. The maximum absolute atomic E-state index is 4.33. The van der Waals surface area contributed by atoms with Crippen LogP contribution in [-0.2, 0) is 6.54 Å². The third-order valence-corrected chi connectivity index (χ3v) is 2.48. The highest BCUT2D eigenvalue weighted by Crippen LogP contribution is 2.08. The van der Waals surface area contributed by atoms with E-state index in [-0.39, 0.29) is 0 Å². The lowest BCUT2D eigenvalue weighted by atomic mass is 10.5. The van der Waals surface area contributed by atoms with Crippen LogP contribution in [-0.4, -0.2) is 15.0 Å². The minimum absolute atomic E-state index is 0.637. The summed E-state index contributed by atoms with van der Waals surface area (Å²) in [5, 5.41) is 6.21. The monoisotopic (exact) mass is 206 g/mol. The molecule has 0 saturated carbocycles. The quantitative estimate of drug-likeness (QED) is 0.832. The molecule has 0 bridgehead atoms.